The summed E-state index contributed by atoms with van der Waals surface area (Å²) in [5.41, 5.74) is -2.11. The van der Waals surface area contributed by atoms with Crippen LogP contribution in [0.3, 0.4) is 0 Å². The molecule has 0 aliphatic carbocycles. The highest BCUT2D eigenvalue weighted by Gasteiger charge is 2.39. The lowest BCUT2D eigenvalue weighted by Crippen LogP contribution is -2.37. The van der Waals surface area contributed by atoms with E-state index in [1.54, 1.807) is 18.3 Å². The quantitative estimate of drug-likeness (QED) is 0.284. The van der Waals surface area contributed by atoms with Crippen LogP contribution in [0.1, 0.15) is 51.9 Å². The van der Waals surface area contributed by atoms with Gasteiger partial charge < -0.3 is 5.32 Å². The molecular formula is C25H22F9NO2. The fourth-order valence-corrected chi connectivity index (χ4v) is 3.47. The summed E-state index contributed by atoms with van der Waals surface area (Å²) in [6.07, 6.45) is -13.8. The van der Waals surface area contributed by atoms with Gasteiger partial charge in [0.15, 0.2) is 5.78 Å². The van der Waals surface area contributed by atoms with Gasteiger partial charge in [-0.3, -0.25) is 9.59 Å². The zero-order chi connectivity index (χ0) is 28.2. The van der Waals surface area contributed by atoms with Gasteiger partial charge in [-0.2, -0.15) is 39.5 Å². The summed E-state index contributed by atoms with van der Waals surface area (Å²) in [4.78, 5) is 24.3. The van der Waals surface area contributed by atoms with E-state index in [2.05, 4.69) is 0 Å². The largest absolute Gasteiger partial charge is 0.417 e. The number of alkyl halides is 9. The highest BCUT2D eigenvalue weighted by atomic mass is 19.4. The molecule has 0 heterocycles. The van der Waals surface area contributed by atoms with Crippen LogP contribution in [0.2, 0.25) is 0 Å². The van der Waals surface area contributed by atoms with E-state index >= 15 is 0 Å². The minimum Gasteiger partial charge on any atom is -0.347 e. The third kappa shape index (κ3) is 8.94. The fraction of sp³-hybridized carbons (Fsp3) is 0.360. The number of benzene rings is 2. The minimum atomic E-state index is -5.07. The Labute approximate surface area is 206 Å². The molecule has 37 heavy (non-hydrogen) atoms. The molecule has 0 saturated heterocycles. The minimum absolute atomic E-state index is 0.107. The maximum atomic E-state index is 13.7. The van der Waals surface area contributed by atoms with Crippen molar-refractivity contribution in [2.24, 2.45) is 5.92 Å². The number of carbonyl (C=O) groups excluding carboxylic acids is 2. The first-order valence-electron chi connectivity index (χ1n) is 10.8. The number of hydrogen-bond donors (Lipinski definition) is 1. The number of halogens is 9. The molecule has 1 N–H and O–H groups in total. The molecule has 0 aliphatic rings. The predicted octanol–water partition coefficient (Wildman–Crippen LogP) is 7.26. The zero-order valence-corrected chi connectivity index (χ0v) is 19.5. The number of Topliss-reactive ketones (excluding diaryl/α,β-unsaturated/α-hetero) is 1. The van der Waals surface area contributed by atoms with Gasteiger partial charge in [0.05, 0.1) is 11.5 Å². The molecule has 3 nitrogen and oxygen atoms in total. The second-order valence-corrected chi connectivity index (χ2v) is 8.46. The summed E-state index contributed by atoms with van der Waals surface area (Å²) in [7, 11) is 0. The molecule has 2 aromatic carbocycles. The van der Waals surface area contributed by atoms with Gasteiger partial charge in [-0.15, -0.1) is 0 Å². The van der Waals surface area contributed by atoms with Crippen molar-refractivity contribution in [1.82, 2.24) is 5.32 Å². The van der Waals surface area contributed by atoms with Crippen LogP contribution in [0.25, 0.3) is 6.08 Å². The Morgan fingerprint density at radius 3 is 2.14 bits per heavy atom. The van der Waals surface area contributed by atoms with E-state index in [0.717, 1.165) is 25.1 Å². The smallest absolute Gasteiger partial charge is 0.347 e. The molecule has 0 spiro atoms. The summed E-state index contributed by atoms with van der Waals surface area (Å²) >= 11 is 0. The lowest BCUT2D eigenvalue weighted by Gasteiger charge is -2.18. The fourth-order valence-electron chi connectivity index (χ4n) is 3.47. The summed E-state index contributed by atoms with van der Waals surface area (Å²) in [5, 5.41) is 1.55. The number of nitrogens with one attached hydrogen (secondary N) is 1. The molecule has 2 rings (SSSR count). The number of ketones is 1. The van der Waals surface area contributed by atoms with Crippen molar-refractivity contribution in [1.29, 1.82) is 0 Å². The summed E-state index contributed by atoms with van der Waals surface area (Å²) in [6.45, 7) is 1.00. The Hall–Kier alpha value is -3.31. The Morgan fingerprint density at radius 1 is 0.946 bits per heavy atom. The Bertz CT molecular complexity index is 1150. The van der Waals surface area contributed by atoms with Gasteiger partial charge in [-0.05, 0) is 24.1 Å². The van der Waals surface area contributed by atoms with Crippen molar-refractivity contribution in [3.05, 3.63) is 76.4 Å². The third-order valence-electron chi connectivity index (χ3n) is 5.29. The number of hydrogen-bond acceptors (Lipinski definition) is 2. The highest BCUT2D eigenvalue weighted by Crippen LogP contribution is 2.38. The number of aryl methyl sites for hydroxylation is 1. The normalized spacial score (nSPS) is 14.5. The van der Waals surface area contributed by atoms with Gasteiger partial charge in [0, 0.05) is 17.9 Å². The summed E-state index contributed by atoms with van der Waals surface area (Å²) < 4.78 is 119. The van der Waals surface area contributed by atoms with Gasteiger partial charge in [0.2, 0.25) is 5.91 Å². The highest BCUT2D eigenvalue weighted by molar-refractivity contribution is 6.00. The number of allylic oxidation sites excluding steroid dienone is 1. The lowest BCUT2D eigenvalue weighted by molar-refractivity contribution is -0.140. The molecule has 1 amide bonds. The van der Waals surface area contributed by atoms with E-state index in [-0.39, 0.29) is 11.1 Å². The van der Waals surface area contributed by atoms with Crippen LogP contribution in [-0.4, -0.2) is 30.6 Å². The van der Waals surface area contributed by atoms with Gasteiger partial charge >= 0.3 is 18.5 Å². The molecule has 0 aliphatic heterocycles. The maximum Gasteiger partial charge on any atom is 0.417 e. The van der Waals surface area contributed by atoms with E-state index in [4.69, 9.17) is 0 Å². The molecule has 12 heteroatoms. The van der Waals surface area contributed by atoms with Crippen LogP contribution in [0.15, 0.2) is 48.5 Å². The van der Waals surface area contributed by atoms with Crippen LogP contribution in [0.5, 0.6) is 0 Å². The molecule has 0 radical (unpaired) electrons. The topological polar surface area (TPSA) is 46.2 Å². The SMILES string of the molecule is Cc1cccc(C(/C=C/c2ccc(C(=O)C[C@H](C)C(=O)NCC(F)(F)F)c(C(F)(F)F)c2)C(F)(F)F)c1. The number of rotatable bonds is 8. The van der Waals surface area contributed by atoms with Crippen molar-refractivity contribution in [2.45, 2.75) is 44.7 Å². The van der Waals surface area contributed by atoms with E-state index in [1.165, 1.54) is 18.2 Å². The van der Waals surface area contributed by atoms with Crippen molar-refractivity contribution >= 4 is 17.8 Å². The van der Waals surface area contributed by atoms with Crippen molar-refractivity contribution in [3.8, 4) is 0 Å². The number of amides is 1. The van der Waals surface area contributed by atoms with E-state index < -0.39 is 66.1 Å². The second-order valence-electron chi connectivity index (χ2n) is 8.46. The molecule has 0 saturated carbocycles. The van der Waals surface area contributed by atoms with Crippen molar-refractivity contribution in [2.75, 3.05) is 6.54 Å². The average molecular weight is 539 g/mol. The maximum absolute atomic E-state index is 13.7. The van der Waals surface area contributed by atoms with Crippen molar-refractivity contribution in [3.63, 3.8) is 0 Å². The van der Waals surface area contributed by atoms with Gasteiger partial charge in [0.1, 0.15) is 6.54 Å². The van der Waals surface area contributed by atoms with E-state index in [0.29, 0.717) is 17.7 Å². The first kappa shape index (κ1) is 29.9. The molecule has 2 aromatic rings. The van der Waals surface area contributed by atoms with Crippen molar-refractivity contribution < 1.29 is 49.1 Å². The molecule has 202 valence electrons. The van der Waals surface area contributed by atoms with Gasteiger partial charge in [0.25, 0.3) is 0 Å². The standard InChI is InChI=1S/C25H22F9NO2/c1-14-4-3-5-17(10-14)19(24(29,30)31)9-7-16-6-8-18(20(12-16)25(32,33)34)21(36)11-15(2)22(37)35-13-23(26,27)28/h3-10,12,15,19H,11,13H2,1-2H3,(H,35,37)/b9-7+/t15-,19?/m0/s1. The average Bonchev–Trinajstić information content (AvgIpc) is 2.75. The van der Waals surface area contributed by atoms with Crippen LogP contribution in [0.4, 0.5) is 39.5 Å². The van der Waals surface area contributed by atoms with Gasteiger partial charge in [-0.1, -0.05) is 61.0 Å². The Morgan fingerprint density at radius 2 is 1.59 bits per heavy atom. The first-order chi connectivity index (χ1) is 16.9. The first-order valence-corrected chi connectivity index (χ1v) is 10.8. The monoisotopic (exact) mass is 539 g/mol. The van der Waals surface area contributed by atoms with Gasteiger partial charge in [-0.25, -0.2) is 0 Å². The van der Waals surface area contributed by atoms with Crippen LogP contribution in [-0.2, 0) is 11.0 Å². The molecule has 0 bridgehead atoms. The zero-order valence-electron chi connectivity index (χ0n) is 19.5. The predicted molar refractivity (Wildman–Crippen MR) is 118 cm³/mol. The Kier molecular flexibility index (Phi) is 9.21. The molecule has 1 unspecified atom stereocenters. The molecule has 2 atom stereocenters. The third-order valence-corrected chi connectivity index (χ3v) is 5.29. The second kappa shape index (κ2) is 11.4. The van der Waals surface area contributed by atoms with Crippen LogP contribution in [0, 0.1) is 12.8 Å². The Balaban J connectivity index is 2.32. The molecule has 0 fully saturated rings. The lowest BCUT2D eigenvalue weighted by atomic mass is 9.93. The summed E-state index contributed by atoms with van der Waals surface area (Å²) in [6, 6.07) is 7.83. The van der Waals surface area contributed by atoms with Crippen LogP contribution < -0.4 is 5.32 Å². The van der Waals surface area contributed by atoms with E-state index in [1.807, 2.05) is 0 Å². The van der Waals surface area contributed by atoms with Crippen LogP contribution >= 0.6 is 0 Å². The number of carbonyl (C=O) groups is 2. The van der Waals surface area contributed by atoms with E-state index in [9.17, 15) is 49.1 Å². The molecular weight excluding hydrogens is 517 g/mol. The summed E-state index contributed by atoms with van der Waals surface area (Å²) in [5.74, 6) is -5.80. The molecule has 0 aromatic heterocycles.